The molecule has 3 aliphatic rings. The van der Waals surface area contributed by atoms with Crippen LogP contribution in [0.4, 0.5) is 0 Å². The monoisotopic (exact) mass is 424 g/mol. The van der Waals surface area contributed by atoms with Gasteiger partial charge in [-0.15, -0.1) is 0 Å². The highest BCUT2D eigenvalue weighted by atomic mass is 16.5. The summed E-state index contributed by atoms with van der Waals surface area (Å²) in [6, 6.07) is 10.9. The zero-order valence-corrected chi connectivity index (χ0v) is 18.3. The number of likely N-dealkylation sites (tertiary alicyclic amines) is 2. The van der Waals surface area contributed by atoms with Crippen LogP contribution in [0.5, 0.6) is 0 Å². The molecule has 5 rings (SSSR count). The molecule has 31 heavy (non-hydrogen) atoms. The minimum atomic E-state index is -0.241. The molecule has 3 saturated heterocycles. The third-order valence-corrected chi connectivity index (χ3v) is 7.35. The molecule has 7 heteroatoms. The summed E-state index contributed by atoms with van der Waals surface area (Å²) in [5, 5.41) is 4.08. The average molecular weight is 425 g/mol. The van der Waals surface area contributed by atoms with Crippen molar-refractivity contribution in [2.24, 2.45) is 5.92 Å². The Morgan fingerprint density at radius 1 is 1.16 bits per heavy atom. The fraction of sp³-hybridized carbons (Fsp3) is 0.625. The number of fused-ring (bicyclic) bond motifs is 1. The van der Waals surface area contributed by atoms with Crippen molar-refractivity contribution in [2.75, 3.05) is 39.4 Å². The van der Waals surface area contributed by atoms with E-state index in [4.69, 9.17) is 9.26 Å². The van der Waals surface area contributed by atoms with Crippen molar-refractivity contribution in [3.63, 3.8) is 0 Å². The van der Waals surface area contributed by atoms with E-state index >= 15 is 0 Å². The van der Waals surface area contributed by atoms with Gasteiger partial charge in [0.05, 0.1) is 5.41 Å². The number of ether oxygens (including phenoxy) is 1. The van der Waals surface area contributed by atoms with Crippen LogP contribution in [0, 0.1) is 12.8 Å². The van der Waals surface area contributed by atoms with Crippen LogP contribution in [0.2, 0.25) is 0 Å². The van der Waals surface area contributed by atoms with Crippen molar-refractivity contribution in [1.82, 2.24) is 19.9 Å². The highest BCUT2D eigenvalue weighted by Crippen LogP contribution is 2.45. The van der Waals surface area contributed by atoms with E-state index in [1.54, 1.807) is 0 Å². The highest BCUT2D eigenvalue weighted by Gasteiger charge is 2.58. The van der Waals surface area contributed by atoms with E-state index in [-0.39, 0.29) is 11.3 Å². The Labute approximate surface area is 183 Å². The summed E-state index contributed by atoms with van der Waals surface area (Å²) in [5.74, 6) is 1.97. The molecular weight excluding hydrogens is 392 g/mol. The molecule has 7 nitrogen and oxygen atoms in total. The number of hydrogen-bond acceptors (Lipinski definition) is 6. The fourth-order valence-corrected chi connectivity index (χ4v) is 5.67. The van der Waals surface area contributed by atoms with Crippen LogP contribution in [-0.2, 0) is 21.4 Å². The number of benzene rings is 1. The Kier molecular flexibility index (Phi) is 5.80. The maximum atomic E-state index is 13.1. The number of carbonyl (C=O) groups excluding carboxylic acids is 1. The second kappa shape index (κ2) is 8.71. The van der Waals surface area contributed by atoms with Gasteiger partial charge in [-0.2, -0.15) is 4.98 Å². The van der Waals surface area contributed by atoms with Crippen molar-refractivity contribution in [3.8, 4) is 0 Å². The predicted molar refractivity (Wildman–Crippen MR) is 116 cm³/mol. The van der Waals surface area contributed by atoms with Crippen LogP contribution in [0.3, 0.4) is 0 Å². The number of aryl methyl sites for hydroxylation is 2. The Balaban J connectivity index is 1.26. The van der Waals surface area contributed by atoms with Gasteiger partial charge in [-0.25, -0.2) is 0 Å². The standard InChI is InChI=1S/C24H32N4O3/c1-18-25-23(31-26-18)24-16-27(21-10-12-30-13-11-21)14-20(24)15-28(17-24)22(29)9-5-8-19-6-3-2-4-7-19/h2-4,6-7,20-21H,5,8-17H2,1H3/t20-,24-/m1/s1. The number of rotatable bonds is 6. The molecule has 0 aliphatic carbocycles. The molecule has 1 aromatic carbocycles. The van der Waals surface area contributed by atoms with Gasteiger partial charge in [0.15, 0.2) is 5.82 Å². The first-order valence-electron chi connectivity index (χ1n) is 11.6. The summed E-state index contributed by atoms with van der Waals surface area (Å²) < 4.78 is 11.3. The van der Waals surface area contributed by atoms with Gasteiger partial charge in [0, 0.05) is 57.8 Å². The first-order valence-corrected chi connectivity index (χ1v) is 11.6. The van der Waals surface area contributed by atoms with Crippen LogP contribution in [0.15, 0.2) is 34.9 Å². The van der Waals surface area contributed by atoms with Crippen molar-refractivity contribution < 1.29 is 14.1 Å². The van der Waals surface area contributed by atoms with Gasteiger partial charge in [-0.05, 0) is 38.2 Å². The smallest absolute Gasteiger partial charge is 0.236 e. The number of carbonyl (C=O) groups is 1. The molecule has 1 aromatic heterocycles. The zero-order valence-electron chi connectivity index (χ0n) is 18.3. The minimum Gasteiger partial charge on any atom is -0.381 e. The van der Waals surface area contributed by atoms with Gasteiger partial charge in [0.25, 0.3) is 0 Å². The summed E-state index contributed by atoms with van der Waals surface area (Å²) in [6.07, 6.45) is 4.56. The van der Waals surface area contributed by atoms with Gasteiger partial charge in [-0.1, -0.05) is 35.5 Å². The molecule has 0 radical (unpaired) electrons. The number of hydrogen-bond donors (Lipinski definition) is 0. The predicted octanol–water partition coefficient (Wildman–Crippen LogP) is 2.59. The average Bonchev–Trinajstić information content (AvgIpc) is 3.48. The van der Waals surface area contributed by atoms with Crippen LogP contribution >= 0.6 is 0 Å². The molecule has 3 fully saturated rings. The van der Waals surface area contributed by atoms with Gasteiger partial charge in [0.1, 0.15) is 0 Å². The van der Waals surface area contributed by atoms with E-state index in [1.165, 1.54) is 5.56 Å². The zero-order chi connectivity index (χ0) is 21.3. The van der Waals surface area contributed by atoms with E-state index in [0.717, 1.165) is 58.5 Å². The normalized spacial score (nSPS) is 27.0. The van der Waals surface area contributed by atoms with Gasteiger partial charge in [0.2, 0.25) is 11.8 Å². The van der Waals surface area contributed by atoms with Gasteiger partial charge < -0.3 is 14.2 Å². The van der Waals surface area contributed by atoms with E-state index < -0.39 is 0 Å². The lowest BCUT2D eigenvalue weighted by molar-refractivity contribution is -0.130. The molecule has 0 unspecified atom stereocenters. The Bertz CT molecular complexity index is 895. The Hall–Kier alpha value is -2.25. The lowest BCUT2D eigenvalue weighted by Gasteiger charge is -2.33. The lowest BCUT2D eigenvalue weighted by Crippen LogP contribution is -2.44. The van der Waals surface area contributed by atoms with Crippen molar-refractivity contribution in [3.05, 3.63) is 47.6 Å². The lowest BCUT2D eigenvalue weighted by atomic mass is 9.81. The molecule has 4 heterocycles. The summed E-state index contributed by atoms with van der Waals surface area (Å²) in [5.41, 5.74) is 1.05. The third kappa shape index (κ3) is 4.13. The van der Waals surface area contributed by atoms with Crippen molar-refractivity contribution in [1.29, 1.82) is 0 Å². The second-order valence-corrected chi connectivity index (χ2v) is 9.39. The maximum absolute atomic E-state index is 13.1. The first-order chi connectivity index (χ1) is 15.1. The second-order valence-electron chi connectivity index (χ2n) is 9.39. The summed E-state index contributed by atoms with van der Waals surface area (Å²) in [4.78, 5) is 22.3. The topological polar surface area (TPSA) is 71.7 Å². The largest absolute Gasteiger partial charge is 0.381 e. The van der Waals surface area contributed by atoms with Gasteiger partial charge >= 0.3 is 0 Å². The van der Waals surface area contributed by atoms with Crippen molar-refractivity contribution in [2.45, 2.75) is 50.5 Å². The van der Waals surface area contributed by atoms with E-state index in [0.29, 0.717) is 36.6 Å². The van der Waals surface area contributed by atoms with Crippen LogP contribution in [0.1, 0.15) is 43.0 Å². The summed E-state index contributed by atoms with van der Waals surface area (Å²) in [6.45, 7) is 6.88. The highest BCUT2D eigenvalue weighted by molar-refractivity contribution is 5.77. The Morgan fingerprint density at radius 2 is 1.97 bits per heavy atom. The van der Waals surface area contributed by atoms with E-state index in [2.05, 4.69) is 44.2 Å². The quantitative estimate of drug-likeness (QED) is 0.710. The Morgan fingerprint density at radius 3 is 2.71 bits per heavy atom. The van der Waals surface area contributed by atoms with Crippen LogP contribution in [0.25, 0.3) is 0 Å². The SMILES string of the molecule is Cc1noc([C@]23CN(C(=O)CCCc4ccccc4)C[C@H]2CN(C2CCOCC2)C3)n1. The molecule has 1 amide bonds. The molecule has 2 aromatic rings. The van der Waals surface area contributed by atoms with E-state index in [1.807, 2.05) is 13.0 Å². The molecule has 166 valence electrons. The summed E-state index contributed by atoms with van der Waals surface area (Å²) in [7, 11) is 0. The fourth-order valence-electron chi connectivity index (χ4n) is 5.67. The third-order valence-electron chi connectivity index (χ3n) is 7.35. The molecule has 2 atom stereocenters. The van der Waals surface area contributed by atoms with Crippen LogP contribution < -0.4 is 0 Å². The maximum Gasteiger partial charge on any atom is 0.236 e. The molecule has 0 spiro atoms. The first kappa shape index (κ1) is 20.6. The minimum absolute atomic E-state index is 0.241. The number of amides is 1. The van der Waals surface area contributed by atoms with Crippen molar-refractivity contribution >= 4 is 5.91 Å². The molecule has 3 aliphatic heterocycles. The molecule has 0 bridgehead atoms. The molecular formula is C24H32N4O3. The van der Waals surface area contributed by atoms with E-state index in [9.17, 15) is 4.79 Å². The molecule has 0 N–H and O–H groups in total. The number of nitrogens with zero attached hydrogens (tertiary/aromatic N) is 4. The molecule has 0 saturated carbocycles. The summed E-state index contributed by atoms with van der Waals surface area (Å²) >= 11 is 0. The number of aromatic nitrogens is 2. The van der Waals surface area contributed by atoms with Crippen LogP contribution in [-0.4, -0.2) is 71.3 Å². The van der Waals surface area contributed by atoms with Gasteiger partial charge in [-0.3, -0.25) is 9.69 Å².